The Balaban J connectivity index is 1.40. The fourth-order valence-corrected chi connectivity index (χ4v) is 4.44. The summed E-state index contributed by atoms with van der Waals surface area (Å²) in [7, 11) is 3.75. The Kier molecular flexibility index (Phi) is 5.54. The van der Waals surface area contributed by atoms with Crippen LogP contribution in [0.3, 0.4) is 0 Å². The number of amides is 1. The van der Waals surface area contributed by atoms with Crippen LogP contribution >= 0.6 is 0 Å². The van der Waals surface area contributed by atoms with Crippen molar-refractivity contribution in [1.82, 2.24) is 14.8 Å². The molecule has 1 unspecified atom stereocenters. The molecule has 2 atom stereocenters. The predicted molar refractivity (Wildman–Crippen MR) is 112 cm³/mol. The minimum Gasteiger partial charge on any atom is -0.494 e. The standard InChI is InChI=1S/C22H27N5O2/c1-25(19-11-16-5-3-7-20(29-2)22(16)24-13-19)18-8-10-26(14-18)15-21(28)27-9-4-6-17(27)12-23/h3,5,7,11,13,17-18H,4,6,8-10,14-15H2,1-2H3/t17?,18-/m0/s1. The van der Waals surface area contributed by atoms with Gasteiger partial charge in [0, 0.05) is 38.1 Å². The van der Waals surface area contributed by atoms with E-state index in [-0.39, 0.29) is 11.9 Å². The number of pyridine rings is 1. The molecule has 1 amide bonds. The maximum atomic E-state index is 12.6. The second kappa shape index (κ2) is 8.26. The van der Waals surface area contributed by atoms with E-state index >= 15 is 0 Å². The van der Waals surface area contributed by atoms with E-state index in [2.05, 4.69) is 34.0 Å². The molecule has 0 radical (unpaired) electrons. The van der Waals surface area contributed by atoms with Crippen molar-refractivity contribution >= 4 is 22.5 Å². The highest BCUT2D eigenvalue weighted by Gasteiger charge is 2.32. The maximum absolute atomic E-state index is 12.6. The molecule has 0 aliphatic carbocycles. The highest BCUT2D eigenvalue weighted by molar-refractivity contribution is 5.87. The molecule has 1 aromatic carbocycles. The summed E-state index contributed by atoms with van der Waals surface area (Å²) < 4.78 is 5.40. The quantitative estimate of drug-likeness (QED) is 0.776. The summed E-state index contributed by atoms with van der Waals surface area (Å²) in [5, 5.41) is 10.3. The lowest BCUT2D eigenvalue weighted by atomic mass is 10.1. The van der Waals surface area contributed by atoms with E-state index in [0.29, 0.717) is 19.1 Å². The van der Waals surface area contributed by atoms with Crippen molar-refractivity contribution in [3.05, 3.63) is 30.5 Å². The van der Waals surface area contributed by atoms with Crippen LogP contribution in [0.4, 0.5) is 5.69 Å². The summed E-state index contributed by atoms with van der Waals surface area (Å²) in [6.07, 6.45) is 4.62. The number of anilines is 1. The minimum absolute atomic E-state index is 0.0804. The van der Waals surface area contributed by atoms with Crippen LogP contribution in [0.2, 0.25) is 0 Å². The van der Waals surface area contributed by atoms with Crippen molar-refractivity contribution in [2.45, 2.75) is 31.3 Å². The highest BCUT2D eigenvalue weighted by atomic mass is 16.5. The number of likely N-dealkylation sites (tertiary alicyclic amines) is 2. The smallest absolute Gasteiger partial charge is 0.237 e. The molecule has 0 bridgehead atoms. The first kappa shape index (κ1) is 19.5. The summed E-state index contributed by atoms with van der Waals surface area (Å²) in [5.74, 6) is 0.858. The predicted octanol–water partition coefficient (Wildman–Crippen LogP) is 2.27. The first-order valence-electron chi connectivity index (χ1n) is 10.2. The van der Waals surface area contributed by atoms with Crippen molar-refractivity contribution in [3.63, 3.8) is 0 Å². The Labute approximate surface area is 171 Å². The number of rotatable bonds is 5. The molecule has 2 aliphatic heterocycles. The maximum Gasteiger partial charge on any atom is 0.237 e. The average Bonchev–Trinajstić information content (AvgIpc) is 3.41. The fraction of sp³-hybridized carbons (Fsp3) is 0.500. The summed E-state index contributed by atoms with van der Waals surface area (Å²) >= 11 is 0. The summed E-state index contributed by atoms with van der Waals surface area (Å²) in [6.45, 7) is 2.83. The van der Waals surface area contributed by atoms with E-state index in [0.717, 1.165) is 54.7 Å². The SMILES string of the molecule is COc1cccc2cc(N(C)[C@H]3CCN(CC(=O)N4CCCC4C#N)C3)cnc12. The third-order valence-corrected chi connectivity index (χ3v) is 6.16. The van der Waals surface area contributed by atoms with Gasteiger partial charge < -0.3 is 14.5 Å². The normalized spacial score (nSPS) is 22.0. The number of benzene rings is 1. The van der Waals surface area contributed by atoms with Gasteiger partial charge in [-0.25, -0.2) is 0 Å². The van der Waals surface area contributed by atoms with E-state index in [9.17, 15) is 10.1 Å². The van der Waals surface area contributed by atoms with E-state index in [4.69, 9.17) is 4.74 Å². The van der Waals surface area contributed by atoms with E-state index in [1.807, 2.05) is 24.4 Å². The van der Waals surface area contributed by atoms with Gasteiger partial charge in [-0.1, -0.05) is 12.1 Å². The van der Waals surface area contributed by atoms with E-state index in [1.165, 1.54) is 0 Å². The van der Waals surface area contributed by atoms with Crippen molar-refractivity contribution in [2.75, 3.05) is 45.2 Å². The topological polar surface area (TPSA) is 72.7 Å². The van der Waals surface area contributed by atoms with Gasteiger partial charge >= 0.3 is 0 Å². The molecule has 0 saturated carbocycles. The lowest BCUT2D eigenvalue weighted by Crippen LogP contribution is -2.42. The number of nitrogens with zero attached hydrogens (tertiary/aromatic N) is 5. The Morgan fingerprint density at radius 1 is 1.38 bits per heavy atom. The van der Waals surface area contributed by atoms with Gasteiger partial charge in [0.2, 0.25) is 5.91 Å². The molecule has 4 rings (SSSR count). The molecule has 2 aromatic rings. The fourth-order valence-electron chi connectivity index (χ4n) is 4.44. The Morgan fingerprint density at radius 2 is 2.24 bits per heavy atom. The van der Waals surface area contributed by atoms with Crippen LogP contribution in [0.1, 0.15) is 19.3 Å². The summed E-state index contributed by atoms with van der Waals surface area (Å²) in [6, 6.07) is 10.4. The Morgan fingerprint density at radius 3 is 3.03 bits per heavy atom. The van der Waals surface area contributed by atoms with Crippen LogP contribution in [0.15, 0.2) is 30.5 Å². The second-order valence-corrected chi connectivity index (χ2v) is 7.89. The summed E-state index contributed by atoms with van der Waals surface area (Å²) in [5.41, 5.74) is 1.93. The number of nitriles is 1. The van der Waals surface area contributed by atoms with Crippen LogP contribution in [0.5, 0.6) is 5.75 Å². The van der Waals surface area contributed by atoms with Gasteiger partial charge in [0.05, 0.1) is 31.6 Å². The van der Waals surface area contributed by atoms with Crippen molar-refractivity contribution in [1.29, 1.82) is 5.26 Å². The molecule has 1 aromatic heterocycles. The number of methoxy groups -OCH3 is 1. The van der Waals surface area contributed by atoms with Gasteiger partial charge in [0.25, 0.3) is 0 Å². The second-order valence-electron chi connectivity index (χ2n) is 7.89. The molecular weight excluding hydrogens is 366 g/mol. The number of hydrogen-bond donors (Lipinski definition) is 0. The molecule has 152 valence electrons. The zero-order valence-electron chi connectivity index (χ0n) is 17.0. The first-order chi connectivity index (χ1) is 14.1. The third-order valence-electron chi connectivity index (χ3n) is 6.16. The van der Waals surface area contributed by atoms with Crippen molar-refractivity contribution < 1.29 is 9.53 Å². The first-order valence-corrected chi connectivity index (χ1v) is 10.2. The lowest BCUT2D eigenvalue weighted by molar-refractivity contribution is -0.132. The number of carbonyl (C=O) groups excluding carboxylic acids is 1. The number of para-hydroxylation sites is 1. The molecule has 3 heterocycles. The number of aromatic nitrogens is 1. The van der Waals surface area contributed by atoms with E-state index < -0.39 is 0 Å². The van der Waals surface area contributed by atoms with E-state index in [1.54, 1.807) is 12.0 Å². The van der Waals surface area contributed by atoms with Gasteiger partial charge in [-0.05, 0) is 31.4 Å². The highest BCUT2D eigenvalue weighted by Crippen LogP contribution is 2.28. The molecule has 7 heteroatoms. The molecule has 0 spiro atoms. The van der Waals surface area contributed by atoms with Crippen molar-refractivity contribution in [3.8, 4) is 11.8 Å². The molecule has 2 saturated heterocycles. The van der Waals surface area contributed by atoms with Crippen LogP contribution in [-0.4, -0.2) is 73.1 Å². The molecule has 7 nitrogen and oxygen atoms in total. The number of ether oxygens (including phenoxy) is 1. The molecule has 0 N–H and O–H groups in total. The van der Waals surface area contributed by atoms with Gasteiger partial charge in [-0.3, -0.25) is 14.7 Å². The number of hydrogen-bond acceptors (Lipinski definition) is 6. The molecular formula is C22H27N5O2. The largest absolute Gasteiger partial charge is 0.494 e. The number of carbonyl (C=O) groups is 1. The van der Waals surface area contributed by atoms with Crippen molar-refractivity contribution in [2.24, 2.45) is 0 Å². The van der Waals surface area contributed by atoms with Gasteiger partial charge in [0.1, 0.15) is 17.3 Å². The van der Waals surface area contributed by atoms with Gasteiger partial charge in [-0.2, -0.15) is 5.26 Å². The molecule has 2 aliphatic rings. The number of likely N-dealkylation sites (N-methyl/N-ethyl adjacent to an activating group) is 1. The Hall–Kier alpha value is -2.85. The van der Waals surface area contributed by atoms with Gasteiger partial charge in [0.15, 0.2) is 0 Å². The van der Waals surface area contributed by atoms with Crippen LogP contribution in [0.25, 0.3) is 10.9 Å². The lowest BCUT2D eigenvalue weighted by Gasteiger charge is -2.27. The summed E-state index contributed by atoms with van der Waals surface area (Å²) in [4.78, 5) is 23.4. The van der Waals surface area contributed by atoms with Crippen LogP contribution < -0.4 is 9.64 Å². The minimum atomic E-state index is -0.246. The van der Waals surface area contributed by atoms with Crippen LogP contribution in [-0.2, 0) is 4.79 Å². The molecule has 29 heavy (non-hydrogen) atoms. The van der Waals surface area contributed by atoms with Gasteiger partial charge in [-0.15, -0.1) is 0 Å². The Bertz CT molecular complexity index is 940. The number of fused-ring (bicyclic) bond motifs is 1. The van der Waals surface area contributed by atoms with Crippen LogP contribution in [0, 0.1) is 11.3 Å². The monoisotopic (exact) mass is 393 g/mol. The molecule has 2 fully saturated rings. The zero-order valence-corrected chi connectivity index (χ0v) is 17.0. The zero-order chi connectivity index (χ0) is 20.4. The third kappa shape index (κ3) is 3.85. The average molecular weight is 393 g/mol.